The first-order chi connectivity index (χ1) is 11.7. The van der Waals surface area contributed by atoms with E-state index < -0.39 is 11.8 Å². The van der Waals surface area contributed by atoms with Crippen LogP contribution in [0.2, 0.25) is 0 Å². The van der Waals surface area contributed by atoms with Crippen molar-refractivity contribution in [1.82, 2.24) is 4.90 Å². The fourth-order valence-corrected chi connectivity index (χ4v) is 3.24. The lowest BCUT2D eigenvalue weighted by atomic mass is 9.77. The second-order valence-corrected chi connectivity index (χ2v) is 6.95. The number of hydrogen-bond acceptors (Lipinski definition) is 5. The van der Waals surface area contributed by atoms with Crippen molar-refractivity contribution >= 4 is 29.1 Å². The van der Waals surface area contributed by atoms with Crippen LogP contribution in [0, 0.1) is 0 Å². The van der Waals surface area contributed by atoms with Crippen LogP contribution in [0.25, 0.3) is 0 Å². The van der Waals surface area contributed by atoms with Crippen molar-refractivity contribution in [3.05, 3.63) is 35.5 Å². The molecule has 0 saturated carbocycles. The number of carbonyl (C=O) groups is 3. The van der Waals surface area contributed by atoms with Crippen molar-refractivity contribution in [2.75, 3.05) is 30.4 Å². The Kier molecular flexibility index (Phi) is 4.12. The minimum absolute atomic E-state index is 0.0243. The summed E-state index contributed by atoms with van der Waals surface area (Å²) in [5, 5.41) is 11.9. The lowest BCUT2D eigenvalue weighted by Crippen LogP contribution is -2.39. The molecule has 7 heteroatoms. The standard InChI is InChI=1S/C18H21N3O4/c1-18(2)10-16(24)20(3)14-5-4-11(8-12(14)18)19-13-9-15(23)21(6-7-22)17(13)25/h4-5,8-9,19,22H,6-7,10H2,1-3H3. The zero-order valence-corrected chi connectivity index (χ0v) is 14.5. The summed E-state index contributed by atoms with van der Waals surface area (Å²) >= 11 is 0. The van der Waals surface area contributed by atoms with Crippen molar-refractivity contribution in [1.29, 1.82) is 0 Å². The molecule has 0 spiro atoms. The number of amides is 3. The third kappa shape index (κ3) is 2.91. The molecule has 0 radical (unpaired) electrons. The van der Waals surface area contributed by atoms with Crippen LogP contribution in [0.1, 0.15) is 25.8 Å². The Bertz CT molecular complexity index is 798. The minimum atomic E-state index is -0.455. The minimum Gasteiger partial charge on any atom is -0.395 e. The van der Waals surface area contributed by atoms with Gasteiger partial charge in [0, 0.05) is 36.3 Å². The Morgan fingerprint density at radius 1 is 1.24 bits per heavy atom. The molecule has 0 atom stereocenters. The Balaban J connectivity index is 1.89. The molecule has 1 aromatic carbocycles. The number of fused-ring (bicyclic) bond motifs is 1. The zero-order valence-electron chi connectivity index (χ0n) is 14.5. The Hall–Kier alpha value is -2.67. The number of imide groups is 1. The number of aliphatic hydroxyl groups is 1. The van der Waals surface area contributed by atoms with Gasteiger partial charge in [0.25, 0.3) is 11.8 Å². The van der Waals surface area contributed by atoms with Crippen LogP contribution in [-0.4, -0.2) is 47.9 Å². The van der Waals surface area contributed by atoms with Gasteiger partial charge in [0.05, 0.1) is 13.2 Å². The van der Waals surface area contributed by atoms with Gasteiger partial charge in [-0.15, -0.1) is 0 Å². The number of anilines is 2. The highest BCUT2D eigenvalue weighted by molar-refractivity contribution is 6.17. The molecule has 3 amide bonds. The molecule has 0 aromatic heterocycles. The number of carbonyl (C=O) groups excluding carboxylic acids is 3. The predicted molar refractivity (Wildman–Crippen MR) is 93.0 cm³/mol. The summed E-state index contributed by atoms with van der Waals surface area (Å²) in [6, 6.07) is 5.52. The van der Waals surface area contributed by atoms with Crippen LogP contribution in [0.15, 0.2) is 30.0 Å². The molecule has 3 rings (SSSR count). The van der Waals surface area contributed by atoms with E-state index in [1.807, 2.05) is 26.0 Å². The number of nitrogens with zero attached hydrogens (tertiary/aromatic N) is 2. The van der Waals surface area contributed by atoms with Gasteiger partial charge in [-0.05, 0) is 23.8 Å². The molecule has 0 fully saturated rings. The van der Waals surface area contributed by atoms with E-state index in [9.17, 15) is 14.4 Å². The summed E-state index contributed by atoms with van der Waals surface area (Å²) in [6.07, 6.45) is 1.64. The van der Waals surface area contributed by atoms with E-state index in [1.165, 1.54) is 6.08 Å². The van der Waals surface area contributed by atoms with Gasteiger partial charge >= 0.3 is 0 Å². The maximum absolute atomic E-state index is 12.2. The van der Waals surface area contributed by atoms with Crippen LogP contribution in [0.3, 0.4) is 0 Å². The molecule has 2 N–H and O–H groups in total. The highest BCUT2D eigenvalue weighted by atomic mass is 16.3. The molecule has 0 bridgehead atoms. The average molecular weight is 343 g/mol. The topological polar surface area (TPSA) is 90.0 Å². The fourth-order valence-electron chi connectivity index (χ4n) is 3.24. The molecule has 1 aromatic rings. The largest absolute Gasteiger partial charge is 0.395 e. The van der Waals surface area contributed by atoms with Crippen LogP contribution < -0.4 is 10.2 Å². The number of rotatable bonds is 4. The number of nitrogens with one attached hydrogen (secondary N) is 1. The lowest BCUT2D eigenvalue weighted by Gasteiger charge is -2.37. The van der Waals surface area contributed by atoms with Crippen molar-refractivity contribution in [2.24, 2.45) is 0 Å². The molecule has 2 aliphatic heterocycles. The van der Waals surface area contributed by atoms with Gasteiger partial charge in [0.1, 0.15) is 5.70 Å². The smallest absolute Gasteiger partial charge is 0.277 e. The van der Waals surface area contributed by atoms with Gasteiger partial charge in [-0.3, -0.25) is 19.3 Å². The first kappa shape index (κ1) is 17.2. The second-order valence-electron chi connectivity index (χ2n) is 6.95. The van der Waals surface area contributed by atoms with Crippen LogP contribution in [-0.2, 0) is 19.8 Å². The van der Waals surface area contributed by atoms with Crippen molar-refractivity contribution in [3.63, 3.8) is 0 Å². The van der Waals surface area contributed by atoms with E-state index >= 15 is 0 Å². The van der Waals surface area contributed by atoms with Crippen LogP contribution >= 0.6 is 0 Å². The molecular formula is C18H21N3O4. The van der Waals surface area contributed by atoms with Crippen molar-refractivity contribution < 1.29 is 19.5 Å². The molecule has 0 aliphatic carbocycles. The maximum atomic E-state index is 12.2. The summed E-state index contributed by atoms with van der Waals surface area (Å²) in [7, 11) is 1.75. The average Bonchev–Trinajstić information content (AvgIpc) is 2.80. The normalized spacial score (nSPS) is 19.2. The highest BCUT2D eigenvalue weighted by Gasteiger charge is 2.36. The molecule has 0 saturated heterocycles. The van der Waals surface area contributed by atoms with E-state index in [4.69, 9.17) is 5.11 Å². The van der Waals surface area contributed by atoms with Crippen LogP contribution in [0.5, 0.6) is 0 Å². The first-order valence-electron chi connectivity index (χ1n) is 8.11. The quantitative estimate of drug-likeness (QED) is 0.796. The Morgan fingerprint density at radius 2 is 1.96 bits per heavy atom. The molecule has 7 nitrogen and oxygen atoms in total. The maximum Gasteiger partial charge on any atom is 0.277 e. The highest BCUT2D eigenvalue weighted by Crippen LogP contribution is 2.41. The van der Waals surface area contributed by atoms with Gasteiger partial charge < -0.3 is 15.3 Å². The number of hydrogen-bond donors (Lipinski definition) is 2. The van der Waals surface area contributed by atoms with E-state index in [0.29, 0.717) is 12.1 Å². The summed E-state index contributed by atoms with van der Waals surface area (Å²) in [4.78, 5) is 38.8. The van der Waals surface area contributed by atoms with E-state index in [1.54, 1.807) is 18.0 Å². The van der Waals surface area contributed by atoms with Gasteiger partial charge in [-0.25, -0.2) is 0 Å². The van der Waals surface area contributed by atoms with Gasteiger partial charge in [-0.2, -0.15) is 0 Å². The first-order valence-corrected chi connectivity index (χ1v) is 8.11. The summed E-state index contributed by atoms with van der Waals surface area (Å²) < 4.78 is 0. The van der Waals surface area contributed by atoms with Crippen molar-refractivity contribution in [3.8, 4) is 0 Å². The molecule has 2 heterocycles. The molecule has 2 aliphatic rings. The summed E-state index contributed by atoms with van der Waals surface area (Å²) in [6.45, 7) is 3.72. The molecule has 132 valence electrons. The molecule has 25 heavy (non-hydrogen) atoms. The van der Waals surface area contributed by atoms with E-state index in [0.717, 1.165) is 16.2 Å². The zero-order chi connectivity index (χ0) is 18.4. The monoisotopic (exact) mass is 343 g/mol. The third-order valence-corrected chi connectivity index (χ3v) is 4.67. The van der Waals surface area contributed by atoms with E-state index in [2.05, 4.69) is 5.32 Å². The van der Waals surface area contributed by atoms with Crippen molar-refractivity contribution in [2.45, 2.75) is 25.7 Å². The van der Waals surface area contributed by atoms with Gasteiger partial charge in [-0.1, -0.05) is 13.8 Å². The molecular weight excluding hydrogens is 322 g/mol. The second kappa shape index (κ2) is 6.00. The number of aliphatic hydroxyl groups excluding tert-OH is 1. The lowest BCUT2D eigenvalue weighted by molar-refractivity contribution is -0.137. The summed E-state index contributed by atoms with van der Waals surface area (Å²) in [5.41, 5.74) is 2.38. The Labute approximate surface area is 145 Å². The van der Waals surface area contributed by atoms with Crippen LogP contribution in [0.4, 0.5) is 11.4 Å². The molecule has 0 unspecified atom stereocenters. The number of benzene rings is 1. The van der Waals surface area contributed by atoms with Gasteiger partial charge in [0.15, 0.2) is 0 Å². The predicted octanol–water partition coefficient (Wildman–Crippen LogP) is 0.988. The van der Waals surface area contributed by atoms with E-state index in [-0.39, 0.29) is 30.2 Å². The SMILES string of the molecule is CN1C(=O)CC(C)(C)c2cc(NC3=CC(=O)N(CCO)C3=O)ccc21. The fraction of sp³-hybridized carbons (Fsp3) is 0.389. The number of β-amino-alcohol motifs (C(OH)–C–C–N with tert-alkyl or cyclic N) is 1. The Morgan fingerprint density at radius 3 is 2.64 bits per heavy atom. The van der Waals surface area contributed by atoms with Gasteiger partial charge in [0.2, 0.25) is 5.91 Å². The summed E-state index contributed by atoms with van der Waals surface area (Å²) in [5.74, 6) is -0.828. The third-order valence-electron chi connectivity index (χ3n) is 4.67.